The van der Waals surface area contributed by atoms with Crippen LogP contribution in [0.2, 0.25) is 5.02 Å². The van der Waals surface area contributed by atoms with Gasteiger partial charge in [0.25, 0.3) is 0 Å². The van der Waals surface area contributed by atoms with E-state index in [0.29, 0.717) is 6.07 Å². The Balaban J connectivity index is 3.25. The fraction of sp³-hybridized carbons (Fsp3) is 0.300. The quantitative estimate of drug-likeness (QED) is 0.648. The molecule has 4 nitrogen and oxygen atoms in total. The number of benzene rings is 1. The number of hydrogen-bond donors (Lipinski definition) is 2. The van der Waals surface area contributed by atoms with Gasteiger partial charge >= 0.3 is 5.97 Å². The molecule has 0 amide bonds. The summed E-state index contributed by atoms with van der Waals surface area (Å²) < 4.78 is 30.7. The summed E-state index contributed by atoms with van der Waals surface area (Å²) in [5.74, 6) is -5.03. The number of carbonyl (C=O) groups excluding carboxylic acids is 1. The molecule has 1 aromatic rings. The average molecular weight is 267 g/mol. The van der Waals surface area contributed by atoms with Crippen molar-refractivity contribution in [3.63, 3.8) is 0 Å². The number of aliphatic hydroxyl groups excluding tert-OH is 1. The Bertz CT molecular complexity index is 424. The normalized spacial score (nSPS) is 12.3. The molecule has 0 aromatic heterocycles. The lowest BCUT2D eigenvalue weighted by Gasteiger charge is -2.13. The van der Waals surface area contributed by atoms with E-state index in [0.717, 1.165) is 0 Å². The molecule has 7 heteroatoms. The van der Waals surface area contributed by atoms with E-state index in [1.54, 1.807) is 0 Å². The molecule has 0 aliphatic heterocycles. The predicted octanol–water partition coefficient (Wildman–Crippen LogP) is 1.92. The first-order valence-electron chi connectivity index (χ1n) is 4.61. The molecule has 0 bridgehead atoms. The van der Waals surface area contributed by atoms with Gasteiger partial charge in [0.15, 0.2) is 17.7 Å². The van der Waals surface area contributed by atoms with Crippen molar-refractivity contribution in [3.8, 4) is 5.75 Å². The van der Waals surface area contributed by atoms with Gasteiger partial charge in [-0.3, -0.25) is 0 Å². The Hall–Kier alpha value is -1.40. The molecule has 0 spiro atoms. The predicted molar refractivity (Wildman–Crippen MR) is 54.6 cm³/mol. The molecule has 0 aliphatic carbocycles. The zero-order valence-corrected chi connectivity index (χ0v) is 9.46. The lowest BCUT2D eigenvalue weighted by molar-refractivity contribution is -0.153. The van der Waals surface area contributed by atoms with Gasteiger partial charge < -0.3 is 14.9 Å². The highest BCUT2D eigenvalue weighted by Crippen LogP contribution is 2.35. The molecular weight excluding hydrogens is 258 g/mol. The summed E-state index contributed by atoms with van der Waals surface area (Å²) in [7, 11) is 0. The van der Waals surface area contributed by atoms with Crippen LogP contribution in [0.1, 0.15) is 18.6 Å². The molecule has 0 saturated carbocycles. The Morgan fingerprint density at radius 1 is 1.59 bits per heavy atom. The largest absolute Gasteiger partial charge is 0.506 e. The van der Waals surface area contributed by atoms with Crippen molar-refractivity contribution < 1.29 is 28.5 Å². The van der Waals surface area contributed by atoms with Crippen molar-refractivity contribution in [1.29, 1.82) is 0 Å². The van der Waals surface area contributed by atoms with Gasteiger partial charge in [0.1, 0.15) is 5.75 Å². The Labute approximate surface area is 100 Å². The van der Waals surface area contributed by atoms with E-state index in [1.807, 2.05) is 0 Å². The van der Waals surface area contributed by atoms with E-state index in [2.05, 4.69) is 4.74 Å². The van der Waals surface area contributed by atoms with Crippen LogP contribution in [0.3, 0.4) is 0 Å². The van der Waals surface area contributed by atoms with Gasteiger partial charge in [0.05, 0.1) is 17.2 Å². The smallest absolute Gasteiger partial charge is 0.339 e. The molecular formula is C10H9ClF2O4. The standard InChI is InChI=1S/C10H9ClF2O4/c1-2-17-10(16)9(15)6-7(13)5(12)3-4(11)8(6)14/h3,9,14-15H,2H2,1H3. The van der Waals surface area contributed by atoms with Gasteiger partial charge in [-0.2, -0.15) is 0 Å². The van der Waals surface area contributed by atoms with Crippen molar-refractivity contribution in [2.45, 2.75) is 13.0 Å². The summed E-state index contributed by atoms with van der Waals surface area (Å²) in [5.41, 5.74) is -0.937. The third kappa shape index (κ3) is 2.65. The van der Waals surface area contributed by atoms with Gasteiger partial charge in [-0.05, 0) is 13.0 Å². The van der Waals surface area contributed by atoms with Crippen LogP contribution in [0, 0.1) is 11.6 Å². The number of aliphatic hydroxyl groups is 1. The number of rotatable bonds is 3. The summed E-state index contributed by atoms with van der Waals surface area (Å²) in [4.78, 5) is 11.2. The van der Waals surface area contributed by atoms with E-state index in [-0.39, 0.29) is 6.61 Å². The summed E-state index contributed by atoms with van der Waals surface area (Å²) >= 11 is 5.40. The second kappa shape index (κ2) is 5.29. The van der Waals surface area contributed by atoms with Crippen LogP contribution in [0.5, 0.6) is 5.75 Å². The SMILES string of the molecule is CCOC(=O)C(O)c1c(O)c(Cl)cc(F)c1F. The Kier molecular flexibility index (Phi) is 4.25. The van der Waals surface area contributed by atoms with Crippen molar-refractivity contribution >= 4 is 17.6 Å². The fourth-order valence-corrected chi connectivity index (χ4v) is 1.39. The molecule has 0 saturated heterocycles. The maximum Gasteiger partial charge on any atom is 0.339 e. The molecule has 1 atom stereocenters. The number of halogens is 3. The number of esters is 1. The highest BCUT2D eigenvalue weighted by atomic mass is 35.5. The monoisotopic (exact) mass is 266 g/mol. The summed E-state index contributed by atoms with van der Waals surface area (Å²) in [6.45, 7) is 1.42. The molecule has 0 radical (unpaired) electrons. The zero-order valence-electron chi connectivity index (χ0n) is 8.71. The lowest BCUT2D eigenvalue weighted by Crippen LogP contribution is -2.17. The van der Waals surface area contributed by atoms with Crippen molar-refractivity contribution in [2.75, 3.05) is 6.61 Å². The summed E-state index contributed by atoms with van der Waals surface area (Å²) in [6.07, 6.45) is -2.14. The molecule has 1 unspecified atom stereocenters. The molecule has 94 valence electrons. The second-order valence-corrected chi connectivity index (χ2v) is 3.48. The van der Waals surface area contributed by atoms with Crippen LogP contribution in [-0.4, -0.2) is 22.8 Å². The number of aromatic hydroxyl groups is 1. The zero-order chi connectivity index (χ0) is 13.2. The highest BCUT2D eigenvalue weighted by Gasteiger charge is 2.29. The molecule has 1 aromatic carbocycles. The lowest BCUT2D eigenvalue weighted by atomic mass is 10.1. The van der Waals surface area contributed by atoms with Crippen LogP contribution in [0.25, 0.3) is 0 Å². The van der Waals surface area contributed by atoms with E-state index < -0.39 is 40.0 Å². The van der Waals surface area contributed by atoms with Gasteiger partial charge in [-0.15, -0.1) is 0 Å². The summed E-state index contributed by atoms with van der Waals surface area (Å²) in [6, 6.07) is 0.535. The van der Waals surface area contributed by atoms with E-state index in [9.17, 15) is 23.8 Å². The maximum atomic E-state index is 13.3. The van der Waals surface area contributed by atoms with Crippen molar-refractivity contribution in [3.05, 3.63) is 28.3 Å². The van der Waals surface area contributed by atoms with Crippen LogP contribution in [-0.2, 0) is 9.53 Å². The third-order valence-corrected chi connectivity index (χ3v) is 2.25. The Morgan fingerprint density at radius 3 is 2.71 bits per heavy atom. The van der Waals surface area contributed by atoms with E-state index >= 15 is 0 Å². The van der Waals surface area contributed by atoms with Crippen molar-refractivity contribution in [2.24, 2.45) is 0 Å². The molecule has 0 aliphatic rings. The van der Waals surface area contributed by atoms with Gasteiger partial charge in [-0.1, -0.05) is 11.6 Å². The number of phenols is 1. The third-order valence-electron chi connectivity index (χ3n) is 1.96. The number of carbonyl (C=O) groups is 1. The first kappa shape index (κ1) is 13.7. The first-order chi connectivity index (χ1) is 7.90. The first-order valence-corrected chi connectivity index (χ1v) is 4.99. The molecule has 17 heavy (non-hydrogen) atoms. The van der Waals surface area contributed by atoms with Gasteiger partial charge in [0, 0.05) is 0 Å². The molecule has 1 rings (SSSR count). The van der Waals surface area contributed by atoms with Crippen LogP contribution < -0.4 is 0 Å². The van der Waals surface area contributed by atoms with E-state index in [4.69, 9.17) is 11.6 Å². The highest BCUT2D eigenvalue weighted by molar-refractivity contribution is 6.32. The van der Waals surface area contributed by atoms with Crippen LogP contribution in [0.15, 0.2) is 6.07 Å². The van der Waals surface area contributed by atoms with Gasteiger partial charge in [-0.25, -0.2) is 13.6 Å². The average Bonchev–Trinajstić information content (AvgIpc) is 2.27. The topological polar surface area (TPSA) is 66.8 Å². The number of ether oxygens (including phenoxy) is 1. The minimum Gasteiger partial charge on any atom is -0.506 e. The number of phenolic OH excluding ortho intramolecular Hbond substituents is 1. The van der Waals surface area contributed by atoms with Crippen molar-refractivity contribution in [1.82, 2.24) is 0 Å². The Morgan fingerprint density at radius 2 is 2.18 bits per heavy atom. The molecule has 2 N–H and O–H groups in total. The number of hydrogen-bond acceptors (Lipinski definition) is 4. The van der Waals surface area contributed by atoms with Crippen LogP contribution >= 0.6 is 11.6 Å². The minimum atomic E-state index is -2.14. The fourth-order valence-electron chi connectivity index (χ4n) is 1.19. The van der Waals surface area contributed by atoms with Gasteiger partial charge in [0.2, 0.25) is 0 Å². The summed E-state index contributed by atoms with van der Waals surface area (Å²) in [5, 5.41) is 18.3. The minimum absolute atomic E-state index is 0.0542. The molecule has 0 heterocycles. The van der Waals surface area contributed by atoms with E-state index in [1.165, 1.54) is 6.92 Å². The van der Waals surface area contributed by atoms with Crippen LogP contribution in [0.4, 0.5) is 8.78 Å². The second-order valence-electron chi connectivity index (χ2n) is 3.07. The maximum absolute atomic E-state index is 13.3. The molecule has 0 fully saturated rings.